The summed E-state index contributed by atoms with van der Waals surface area (Å²) in [5.74, 6) is 1.22. The Morgan fingerprint density at radius 3 is 2.46 bits per heavy atom. The van der Waals surface area contributed by atoms with Crippen LogP contribution in [0, 0.1) is 13.8 Å². The fraction of sp³-hybridized carbons (Fsp3) is 0.286. The Balaban J connectivity index is 1.65. The van der Waals surface area contributed by atoms with Gasteiger partial charge in [0.25, 0.3) is 0 Å². The highest BCUT2D eigenvalue weighted by atomic mass is 16.5. The molecule has 3 rings (SSSR count). The third-order valence-electron chi connectivity index (χ3n) is 4.29. The molecule has 0 bridgehead atoms. The van der Waals surface area contributed by atoms with Gasteiger partial charge in [0, 0.05) is 36.6 Å². The van der Waals surface area contributed by atoms with E-state index in [-0.39, 0.29) is 5.97 Å². The lowest BCUT2D eigenvalue weighted by molar-refractivity contribution is -0.131. The number of hydrogen-bond acceptors (Lipinski definition) is 4. The number of hydrogen-bond donors (Lipinski definition) is 2. The van der Waals surface area contributed by atoms with Gasteiger partial charge in [-0.15, -0.1) is 0 Å². The molecule has 5 nitrogen and oxygen atoms in total. The smallest absolute Gasteiger partial charge is 0.308 e. The van der Waals surface area contributed by atoms with Crippen molar-refractivity contribution in [2.75, 3.05) is 7.11 Å². The molecule has 0 unspecified atom stereocenters. The Labute approximate surface area is 153 Å². The van der Waals surface area contributed by atoms with Crippen LogP contribution in [0.3, 0.4) is 0 Å². The molecule has 136 valence electrons. The van der Waals surface area contributed by atoms with Gasteiger partial charge < -0.3 is 19.8 Å². The number of aryl methyl sites for hydroxylation is 2. The van der Waals surface area contributed by atoms with E-state index in [1.165, 1.54) is 6.92 Å². The van der Waals surface area contributed by atoms with Gasteiger partial charge in [-0.1, -0.05) is 12.1 Å². The van der Waals surface area contributed by atoms with Crippen molar-refractivity contribution < 1.29 is 14.3 Å². The summed E-state index contributed by atoms with van der Waals surface area (Å²) in [6.45, 7) is 6.81. The topological polar surface area (TPSA) is 63.4 Å². The lowest BCUT2D eigenvalue weighted by Gasteiger charge is -2.12. The maximum Gasteiger partial charge on any atom is 0.308 e. The first kappa shape index (κ1) is 18.0. The largest absolute Gasteiger partial charge is 0.497 e. The van der Waals surface area contributed by atoms with E-state index < -0.39 is 0 Å². The zero-order valence-corrected chi connectivity index (χ0v) is 15.6. The Morgan fingerprint density at radius 1 is 1.08 bits per heavy atom. The van der Waals surface area contributed by atoms with Gasteiger partial charge in [0.05, 0.1) is 7.11 Å². The quantitative estimate of drug-likeness (QED) is 0.520. The van der Waals surface area contributed by atoms with Crippen molar-refractivity contribution in [1.29, 1.82) is 0 Å². The molecule has 5 heteroatoms. The van der Waals surface area contributed by atoms with E-state index in [0.717, 1.165) is 52.1 Å². The van der Waals surface area contributed by atoms with Crippen molar-refractivity contribution in [3.63, 3.8) is 0 Å². The second kappa shape index (κ2) is 7.62. The van der Waals surface area contributed by atoms with Crippen LogP contribution in [-0.2, 0) is 17.9 Å². The lowest BCUT2D eigenvalue weighted by atomic mass is 10.1. The minimum absolute atomic E-state index is 0.294. The van der Waals surface area contributed by atoms with Crippen LogP contribution in [0.4, 0.5) is 0 Å². The number of rotatable bonds is 6. The van der Waals surface area contributed by atoms with E-state index in [9.17, 15) is 4.79 Å². The number of H-pyrrole nitrogens is 1. The molecular weight excluding hydrogens is 328 g/mol. The predicted molar refractivity (Wildman–Crippen MR) is 103 cm³/mol. The molecule has 0 spiro atoms. The zero-order chi connectivity index (χ0) is 18.7. The van der Waals surface area contributed by atoms with Gasteiger partial charge in [-0.2, -0.15) is 0 Å². The van der Waals surface area contributed by atoms with E-state index in [0.29, 0.717) is 5.75 Å². The highest BCUT2D eigenvalue weighted by molar-refractivity contribution is 5.81. The van der Waals surface area contributed by atoms with Crippen molar-refractivity contribution in [2.45, 2.75) is 33.9 Å². The number of methoxy groups -OCH3 is 1. The number of benzene rings is 2. The monoisotopic (exact) mass is 352 g/mol. The first-order valence-electron chi connectivity index (χ1n) is 8.61. The number of aromatic nitrogens is 1. The fourth-order valence-electron chi connectivity index (χ4n) is 3.18. The van der Waals surface area contributed by atoms with E-state index in [2.05, 4.69) is 16.4 Å². The van der Waals surface area contributed by atoms with Crippen LogP contribution >= 0.6 is 0 Å². The summed E-state index contributed by atoms with van der Waals surface area (Å²) in [5.41, 5.74) is 5.32. The van der Waals surface area contributed by atoms with Crippen molar-refractivity contribution >= 4 is 16.9 Å². The van der Waals surface area contributed by atoms with Gasteiger partial charge in [0.2, 0.25) is 0 Å². The fourth-order valence-corrected chi connectivity index (χ4v) is 3.18. The first-order chi connectivity index (χ1) is 12.5. The number of aromatic amines is 1. The van der Waals surface area contributed by atoms with E-state index >= 15 is 0 Å². The van der Waals surface area contributed by atoms with Gasteiger partial charge in [-0.3, -0.25) is 4.79 Å². The van der Waals surface area contributed by atoms with Crippen LogP contribution in [0.1, 0.15) is 29.3 Å². The third-order valence-corrected chi connectivity index (χ3v) is 4.29. The second-order valence-electron chi connectivity index (χ2n) is 6.50. The molecule has 2 aromatic carbocycles. The molecule has 0 fully saturated rings. The first-order valence-corrected chi connectivity index (χ1v) is 8.61. The van der Waals surface area contributed by atoms with Crippen LogP contribution in [0.2, 0.25) is 0 Å². The van der Waals surface area contributed by atoms with Gasteiger partial charge in [-0.25, -0.2) is 0 Å². The molecule has 0 saturated carbocycles. The molecule has 1 heterocycles. The molecule has 0 aliphatic carbocycles. The molecular formula is C21H24N2O3. The van der Waals surface area contributed by atoms with Gasteiger partial charge >= 0.3 is 5.97 Å². The van der Waals surface area contributed by atoms with Crippen molar-refractivity contribution in [3.8, 4) is 11.5 Å². The Morgan fingerprint density at radius 2 is 1.81 bits per heavy atom. The maximum absolute atomic E-state index is 11.2. The summed E-state index contributed by atoms with van der Waals surface area (Å²) in [4.78, 5) is 14.6. The molecule has 2 N–H and O–H groups in total. The molecule has 1 aromatic heterocycles. The van der Waals surface area contributed by atoms with Crippen LogP contribution in [0.15, 0.2) is 36.4 Å². The normalized spacial score (nSPS) is 10.9. The summed E-state index contributed by atoms with van der Waals surface area (Å²) < 4.78 is 10.5. The number of carbonyl (C=O) groups excluding carboxylic acids is 1. The highest BCUT2D eigenvalue weighted by Crippen LogP contribution is 2.25. The van der Waals surface area contributed by atoms with Crippen molar-refractivity contribution in [3.05, 3.63) is 58.8 Å². The summed E-state index contributed by atoms with van der Waals surface area (Å²) in [7, 11) is 1.67. The van der Waals surface area contributed by atoms with E-state index in [1.807, 2.05) is 44.2 Å². The SMILES string of the molecule is COc1ccc2[nH]c(CNCc3cc(C)c(OC(C)=O)c(C)c3)cc2c1. The molecule has 0 aliphatic heterocycles. The second-order valence-corrected chi connectivity index (χ2v) is 6.50. The van der Waals surface area contributed by atoms with Crippen LogP contribution in [-0.4, -0.2) is 18.1 Å². The van der Waals surface area contributed by atoms with E-state index in [1.54, 1.807) is 7.11 Å². The Bertz CT molecular complexity index is 921. The predicted octanol–water partition coefficient (Wildman–Crippen LogP) is 4.01. The maximum atomic E-state index is 11.2. The average molecular weight is 352 g/mol. The summed E-state index contributed by atoms with van der Waals surface area (Å²) in [6.07, 6.45) is 0. The standard InChI is InChI=1S/C21H24N2O3/c1-13-7-16(8-14(2)21(13)26-15(3)24)11-22-12-18-9-17-10-19(25-4)5-6-20(17)23-18/h5-10,22-23H,11-12H2,1-4H3. The third kappa shape index (κ3) is 4.06. The van der Waals surface area contributed by atoms with Gasteiger partial charge in [-0.05, 0) is 54.8 Å². The van der Waals surface area contributed by atoms with E-state index in [4.69, 9.17) is 9.47 Å². The van der Waals surface area contributed by atoms with Gasteiger partial charge in [0.15, 0.2) is 0 Å². The Kier molecular flexibility index (Phi) is 5.28. The molecule has 3 aromatic rings. The number of carbonyl (C=O) groups is 1. The minimum atomic E-state index is -0.294. The minimum Gasteiger partial charge on any atom is -0.497 e. The average Bonchev–Trinajstić information content (AvgIpc) is 2.99. The molecule has 0 radical (unpaired) electrons. The highest BCUT2D eigenvalue weighted by Gasteiger charge is 2.09. The molecule has 0 amide bonds. The molecule has 0 atom stereocenters. The lowest BCUT2D eigenvalue weighted by Crippen LogP contribution is -2.13. The molecule has 0 aliphatic rings. The summed E-state index contributed by atoms with van der Waals surface area (Å²) in [5, 5.41) is 4.59. The molecule has 0 saturated heterocycles. The number of fused-ring (bicyclic) bond motifs is 1. The van der Waals surface area contributed by atoms with Gasteiger partial charge in [0.1, 0.15) is 11.5 Å². The van der Waals surface area contributed by atoms with Crippen LogP contribution < -0.4 is 14.8 Å². The van der Waals surface area contributed by atoms with Crippen molar-refractivity contribution in [1.82, 2.24) is 10.3 Å². The Hall–Kier alpha value is -2.79. The number of nitrogens with one attached hydrogen (secondary N) is 2. The van der Waals surface area contributed by atoms with Crippen molar-refractivity contribution in [2.24, 2.45) is 0 Å². The summed E-state index contributed by atoms with van der Waals surface area (Å²) >= 11 is 0. The van der Waals surface area contributed by atoms with Crippen LogP contribution in [0.25, 0.3) is 10.9 Å². The summed E-state index contributed by atoms with van der Waals surface area (Å²) in [6, 6.07) is 12.2. The zero-order valence-electron chi connectivity index (χ0n) is 15.6. The number of esters is 1. The number of ether oxygens (including phenoxy) is 2. The molecule has 26 heavy (non-hydrogen) atoms. The van der Waals surface area contributed by atoms with Crippen LogP contribution in [0.5, 0.6) is 11.5 Å².